The van der Waals surface area contributed by atoms with Crippen LogP contribution in [0.5, 0.6) is 5.75 Å². The number of aromatic nitrogens is 2. The van der Waals surface area contributed by atoms with Gasteiger partial charge < -0.3 is 14.3 Å². The third kappa shape index (κ3) is 2.58. The number of fused-ring (bicyclic) bond motifs is 1. The summed E-state index contributed by atoms with van der Waals surface area (Å²) in [4.78, 5) is 3.26. The van der Waals surface area contributed by atoms with Crippen LogP contribution in [0.4, 0.5) is 0 Å². The Morgan fingerprint density at radius 1 is 1.39 bits per heavy atom. The number of nitrogens with one attached hydrogen (secondary N) is 1. The van der Waals surface area contributed by atoms with Crippen molar-refractivity contribution >= 4 is 23.3 Å². The van der Waals surface area contributed by atoms with Crippen LogP contribution < -0.4 is 4.74 Å². The van der Waals surface area contributed by atoms with Crippen molar-refractivity contribution < 1.29 is 4.74 Å². The topological polar surface area (TPSA) is 29.9 Å². The molecule has 98 valence electrons. The summed E-state index contributed by atoms with van der Waals surface area (Å²) in [6, 6.07) is 6.09. The largest absolute Gasteiger partial charge is 0.489 e. The van der Waals surface area contributed by atoms with Crippen molar-refractivity contribution in [1.82, 2.24) is 9.55 Å². The number of imidazole rings is 1. The number of para-hydroxylation sites is 1. The summed E-state index contributed by atoms with van der Waals surface area (Å²) in [5.74, 6) is 0.879. The maximum Gasteiger partial charge on any atom is 0.178 e. The molecule has 3 nitrogen and oxygen atoms in total. The first-order valence-electron chi connectivity index (χ1n) is 6.51. The van der Waals surface area contributed by atoms with Gasteiger partial charge in [0.05, 0.1) is 11.6 Å². The van der Waals surface area contributed by atoms with Gasteiger partial charge in [0.25, 0.3) is 0 Å². The number of H-pyrrole nitrogens is 1. The van der Waals surface area contributed by atoms with Crippen LogP contribution in [0.2, 0.25) is 0 Å². The summed E-state index contributed by atoms with van der Waals surface area (Å²) < 4.78 is 8.74. The van der Waals surface area contributed by atoms with Gasteiger partial charge in [-0.2, -0.15) is 0 Å². The lowest BCUT2D eigenvalue weighted by Crippen LogP contribution is -2.05. The molecule has 1 heterocycles. The van der Waals surface area contributed by atoms with E-state index in [1.165, 1.54) is 0 Å². The first kappa shape index (κ1) is 13.1. The number of hydrogen-bond acceptors (Lipinski definition) is 2. The second-order valence-electron chi connectivity index (χ2n) is 4.75. The molecule has 0 saturated heterocycles. The predicted molar refractivity (Wildman–Crippen MR) is 77.8 cm³/mol. The van der Waals surface area contributed by atoms with E-state index in [4.69, 9.17) is 17.0 Å². The van der Waals surface area contributed by atoms with Gasteiger partial charge in [-0.25, -0.2) is 0 Å². The Kier molecular flexibility index (Phi) is 4.07. The van der Waals surface area contributed by atoms with Crippen LogP contribution >= 0.6 is 12.2 Å². The van der Waals surface area contributed by atoms with Crippen molar-refractivity contribution in [1.29, 1.82) is 0 Å². The number of benzene rings is 1. The highest BCUT2D eigenvalue weighted by Crippen LogP contribution is 2.26. The summed E-state index contributed by atoms with van der Waals surface area (Å²) in [5, 5.41) is 0. The zero-order chi connectivity index (χ0) is 13.1. The number of nitrogens with zero attached hydrogens (tertiary/aromatic N) is 1. The van der Waals surface area contributed by atoms with Crippen LogP contribution in [-0.4, -0.2) is 15.7 Å². The van der Waals surface area contributed by atoms with Crippen LogP contribution in [0.25, 0.3) is 11.0 Å². The molecule has 1 aromatic heterocycles. The Labute approximate surface area is 113 Å². The Balaban J connectivity index is 2.49. The molecule has 18 heavy (non-hydrogen) atoms. The van der Waals surface area contributed by atoms with Crippen LogP contribution in [-0.2, 0) is 6.54 Å². The summed E-state index contributed by atoms with van der Waals surface area (Å²) in [7, 11) is 0. The molecule has 0 bridgehead atoms. The van der Waals surface area contributed by atoms with Gasteiger partial charge in [0.2, 0.25) is 0 Å². The summed E-state index contributed by atoms with van der Waals surface area (Å²) >= 11 is 5.39. The number of aryl methyl sites for hydroxylation is 1. The predicted octanol–water partition coefficient (Wildman–Crippen LogP) is 4.29. The lowest BCUT2D eigenvalue weighted by Gasteiger charge is -2.10. The first-order chi connectivity index (χ1) is 8.63. The van der Waals surface area contributed by atoms with Gasteiger partial charge in [-0.05, 0) is 44.6 Å². The zero-order valence-corrected chi connectivity index (χ0v) is 12.0. The molecule has 0 aliphatic carbocycles. The third-order valence-electron chi connectivity index (χ3n) is 2.87. The maximum atomic E-state index is 5.81. The lowest BCUT2D eigenvalue weighted by molar-refractivity contribution is 0.245. The second-order valence-corrected chi connectivity index (χ2v) is 5.14. The van der Waals surface area contributed by atoms with Crippen LogP contribution in [0.1, 0.15) is 33.6 Å². The van der Waals surface area contributed by atoms with Crippen LogP contribution in [0, 0.1) is 4.77 Å². The van der Waals surface area contributed by atoms with Crippen molar-refractivity contribution in [3.63, 3.8) is 0 Å². The van der Waals surface area contributed by atoms with Gasteiger partial charge in [0.1, 0.15) is 11.3 Å². The number of rotatable bonds is 5. The van der Waals surface area contributed by atoms with Gasteiger partial charge in [-0.1, -0.05) is 19.4 Å². The minimum atomic E-state index is 0.163. The smallest absolute Gasteiger partial charge is 0.178 e. The van der Waals surface area contributed by atoms with Crippen molar-refractivity contribution in [3.05, 3.63) is 23.0 Å². The Bertz CT molecular complexity index is 583. The summed E-state index contributed by atoms with van der Waals surface area (Å²) in [5.41, 5.74) is 2.14. The van der Waals surface area contributed by atoms with E-state index in [9.17, 15) is 0 Å². The molecule has 4 heteroatoms. The van der Waals surface area contributed by atoms with E-state index in [2.05, 4.69) is 22.5 Å². The van der Waals surface area contributed by atoms with E-state index in [0.29, 0.717) is 0 Å². The van der Waals surface area contributed by atoms with Crippen LogP contribution in [0.3, 0.4) is 0 Å². The molecule has 0 amide bonds. The monoisotopic (exact) mass is 264 g/mol. The zero-order valence-electron chi connectivity index (χ0n) is 11.2. The van der Waals surface area contributed by atoms with Gasteiger partial charge in [-0.3, -0.25) is 0 Å². The SMILES string of the molecule is CCCCn1c(=S)[nH]c2c(OC(C)C)cccc21. The average molecular weight is 264 g/mol. The normalized spacial score (nSPS) is 11.3. The van der Waals surface area contributed by atoms with E-state index in [0.717, 1.165) is 40.9 Å². The molecule has 0 fully saturated rings. The molecule has 0 spiro atoms. The van der Waals surface area contributed by atoms with Crippen molar-refractivity contribution in [2.45, 2.75) is 46.3 Å². The minimum absolute atomic E-state index is 0.163. The number of unbranched alkanes of at least 4 members (excludes halogenated alkanes) is 1. The fourth-order valence-corrected chi connectivity index (χ4v) is 2.34. The highest BCUT2D eigenvalue weighted by Gasteiger charge is 2.09. The highest BCUT2D eigenvalue weighted by molar-refractivity contribution is 7.71. The molecule has 0 atom stereocenters. The number of hydrogen-bond donors (Lipinski definition) is 1. The molecular weight excluding hydrogens is 244 g/mol. The van der Waals surface area contributed by atoms with E-state index >= 15 is 0 Å². The molecular formula is C14H20N2OS. The molecule has 0 aliphatic heterocycles. The fraction of sp³-hybridized carbons (Fsp3) is 0.500. The molecule has 1 N–H and O–H groups in total. The van der Waals surface area contributed by atoms with Crippen LogP contribution in [0.15, 0.2) is 18.2 Å². The minimum Gasteiger partial charge on any atom is -0.489 e. The lowest BCUT2D eigenvalue weighted by atomic mass is 10.2. The molecule has 0 radical (unpaired) electrons. The van der Waals surface area contributed by atoms with Crippen molar-refractivity contribution in [2.24, 2.45) is 0 Å². The maximum absolute atomic E-state index is 5.81. The molecule has 2 aromatic rings. The van der Waals surface area contributed by atoms with Gasteiger partial charge in [0.15, 0.2) is 4.77 Å². The Morgan fingerprint density at radius 2 is 2.17 bits per heavy atom. The van der Waals surface area contributed by atoms with E-state index in [1.807, 2.05) is 26.0 Å². The van der Waals surface area contributed by atoms with Crippen molar-refractivity contribution in [2.75, 3.05) is 0 Å². The Morgan fingerprint density at radius 3 is 2.83 bits per heavy atom. The number of ether oxygens (including phenoxy) is 1. The molecule has 0 unspecified atom stereocenters. The quantitative estimate of drug-likeness (QED) is 0.817. The summed E-state index contributed by atoms with van der Waals surface area (Å²) in [6.45, 7) is 7.20. The van der Waals surface area contributed by atoms with E-state index in [-0.39, 0.29) is 6.10 Å². The Hall–Kier alpha value is -1.29. The standard InChI is InChI=1S/C14H20N2OS/c1-4-5-9-16-11-7-6-8-12(17-10(2)3)13(11)15-14(16)18/h6-8,10H,4-5,9H2,1-3H3,(H,15,18). The molecule has 2 rings (SSSR count). The fourth-order valence-electron chi connectivity index (χ4n) is 2.04. The molecule has 0 saturated carbocycles. The molecule has 0 aliphatic rings. The summed E-state index contributed by atoms with van der Waals surface area (Å²) in [6.07, 6.45) is 2.46. The van der Waals surface area contributed by atoms with Gasteiger partial charge >= 0.3 is 0 Å². The van der Waals surface area contributed by atoms with Crippen molar-refractivity contribution in [3.8, 4) is 5.75 Å². The first-order valence-corrected chi connectivity index (χ1v) is 6.92. The van der Waals surface area contributed by atoms with E-state index < -0.39 is 0 Å². The van der Waals surface area contributed by atoms with Gasteiger partial charge in [0, 0.05) is 6.54 Å². The molecule has 1 aromatic carbocycles. The highest BCUT2D eigenvalue weighted by atomic mass is 32.1. The third-order valence-corrected chi connectivity index (χ3v) is 3.19. The van der Waals surface area contributed by atoms with E-state index in [1.54, 1.807) is 0 Å². The number of aromatic amines is 1. The average Bonchev–Trinajstić information content (AvgIpc) is 2.63. The van der Waals surface area contributed by atoms with Gasteiger partial charge in [-0.15, -0.1) is 0 Å². The second kappa shape index (κ2) is 5.57.